The summed E-state index contributed by atoms with van der Waals surface area (Å²) in [4.78, 5) is 4.53. The smallest absolute Gasteiger partial charge is 0.279 e. The van der Waals surface area contributed by atoms with Gasteiger partial charge in [0.1, 0.15) is 5.75 Å². The zero-order valence-corrected chi connectivity index (χ0v) is 18.5. The molecule has 0 radical (unpaired) electrons. The standard InChI is InChI=1S/C22H25N3O3S2/c1-30(26,27)25-14-16-12-18(16)20(25)13-23-10-9-15-5-4-6-17(11-15)28-22-24-19-7-2-3-8-21(19)29-22/h2-8,11,16,18,20,23H,9-10,12-14H2,1H3. The SMILES string of the molecule is CS(=O)(=O)N1CC2CC2C1CNCCc1cccc(Oc2nc3ccccc3s2)c1. The Morgan fingerprint density at radius 3 is 2.93 bits per heavy atom. The predicted molar refractivity (Wildman–Crippen MR) is 120 cm³/mol. The molecule has 3 atom stereocenters. The van der Waals surface area contributed by atoms with Gasteiger partial charge in [-0.3, -0.25) is 0 Å². The van der Waals surface area contributed by atoms with Crippen LogP contribution in [0.3, 0.4) is 0 Å². The second-order valence-corrected chi connectivity index (χ2v) is 11.1. The van der Waals surface area contributed by atoms with Gasteiger partial charge in [-0.2, -0.15) is 4.31 Å². The average molecular weight is 444 g/mol. The number of nitrogens with zero attached hydrogens (tertiary/aromatic N) is 2. The fourth-order valence-electron chi connectivity index (χ4n) is 4.41. The molecule has 0 amide bonds. The highest BCUT2D eigenvalue weighted by atomic mass is 32.2. The number of sulfonamides is 1. The highest BCUT2D eigenvalue weighted by Crippen LogP contribution is 2.50. The van der Waals surface area contributed by atoms with Crippen molar-refractivity contribution in [3.05, 3.63) is 54.1 Å². The van der Waals surface area contributed by atoms with Crippen molar-refractivity contribution in [1.29, 1.82) is 0 Å². The molecule has 30 heavy (non-hydrogen) atoms. The summed E-state index contributed by atoms with van der Waals surface area (Å²) in [5, 5.41) is 4.11. The number of benzene rings is 2. The van der Waals surface area contributed by atoms with Crippen LogP contribution in [-0.4, -0.2) is 49.6 Å². The van der Waals surface area contributed by atoms with Crippen LogP contribution in [-0.2, 0) is 16.4 Å². The van der Waals surface area contributed by atoms with Crippen molar-refractivity contribution in [1.82, 2.24) is 14.6 Å². The molecular weight excluding hydrogens is 418 g/mol. The Morgan fingerprint density at radius 1 is 1.23 bits per heavy atom. The Labute approximate surface area is 180 Å². The minimum absolute atomic E-state index is 0.110. The van der Waals surface area contributed by atoms with E-state index in [4.69, 9.17) is 4.74 Å². The Bertz CT molecular complexity index is 1130. The van der Waals surface area contributed by atoms with Gasteiger partial charge < -0.3 is 10.1 Å². The molecule has 158 valence electrons. The van der Waals surface area contributed by atoms with Crippen LogP contribution in [0.1, 0.15) is 12.0 Å². The highest BCUT2D eigenvalue weighted by Gasteiger charge is 2.54. The minimum Gasteiger partial charge on any atom is -0.431 e. The molecule has 6 nitrogen and oxygen atoms in total. The number of aromatic nitrogens is 1. The summed E-state index contributed by atoms with van der Waals surface area (Å²) < 4.78 is 32.8. The van der Waals surface area contributed by atoms with Crippen LogP contribution in [0.5, 0.6) is 10.9 Å². The van der Waals surface area contributed by atoms with Crippen LogP contribution < -0.4 is 10.1 Å². The summed E-state index contributed by atoms with van der Waals surface area (Å²) in [7, 11) is -3.12. The molecule has 1 aliphatic carbocycles. The zero-order chi connectivity index (χ0) is 20.7. The maximum Gasteiger partial charge on any atom is 0.279 e. The molecule has 1 aromatic heterocycles. The number of rotatable bonds is 8. The van der Waals surface area contributed by atoms with Crippen molar-refractivity contribution in [3.8, 4) is 10.9 Å². The molecule has 1 saturated heterocycles. The summed E-state index contributed by atoms with van der Waals surface area (Å²) in [5.74, 6) is 1.90. The van der Waals surface area contributed by atoms with E-state index in [1.54, 1.807) is 15.6 Å². The number of hydrogen-bond acceptors (Lipinski definition) is 6. The van der Waals surface area contributed by atoms with E-state index < -0.39 is 10.0 Å². The van der Waals surface area contributed by atoms with E-state index >= 15 is 0 Å². The molecule has 2 aliphatic rings. The van der Waals surface area contributed by atoms with E-state index in [0.717, 1.165) is 35.5 Å². The number of para-hydroxylation sites is 1. The molecule has 2 aromatic carbocycles. The Kier molecular flexibility index (Phi) is 5.26. The minimum atomic E-state index is -3.12. The molecule has 2 heterocycles. The van der Waals surface area contributed by atoms with Crippen molar-refractivity contribution >= 4 is 31.6 Å². The number of hydrogen-bond donors (Lipinski definition) is 1. The fourth-order valence-corrected chi connectivity index (χ4v) is 6.43. The fraction of sp³-hybridized carbons (Fsp3) is 0.409. The molecule has 5 rings (SSSR count). The second-order valence-electron chi connectivity index (χ2n) is 8.21. The number of thiazole rings is 1. The highest BCUT2D eigenvalue weighted by molar-refractivity contribution is 7.88. The lowest BCUT2D eigenvalue weighted by Crippen LogP contribution is -2.44. The third kappa shape index (κ3) is 4.23. The van der Waals surface area contributed by atoms with Gasteiger partial charge in [-0.1, -0.05) is 35.6 Å². The number of piperidine rings is 1. The normalized spacial score (nSPS) is 23.6. The largest absolute Gasteiger partial charge is 0.431 e. The van der Waals surface area contributed by atoms with E-state index in [1.165, 1.54) is 18.2 Å². The summed E-state index contributed by atoms with van der Waals surface area (Å²) in [6.45, 7) is 2.22. The maximum absolute atomic E-state index is 12.0. The summed E-state index contributed by atoms with van der Waals surface area (Å²) >= 11 is 1.54. The van der Waals surface area contributed by atoms with Crippen LogP contribution in [0.25, 0.3) is 10.2 Å². The van der Waals surface area contributed by atoms with Gasteiger partial charge in [0, 0.05) is 19.1 Å². The van der Waals surface area contributed by atoms with Gasteiger partial charge >= 0.3 is 0 Å². The third-order valence-electron chi connectivity index (χ3n) is 6.00. The first-order valence-corrected chi connectivity index (χ1v) is 12.9. The molecule has 8 heteroatoms. The first-order valence-electron chi connectivity index (χ1n) is 10.3. The van der Waals surface area contributed by atoms with Crippen molar-refractivity contribution < 1.29 is 13.2 Å². The first-order chi connectivity index (χ1) is 14.5. The lowest BCUT2D eigenvalue weighted by atomic mass is 10.1. The van der Waals surface area contributed by atoms with E-state index in [9.17, 15) is 8.42 Å². The topological polar surface area (TPSA) is 71.5 Å². The molecule has 0 bridgehead atoms. The van der Waals surface area contributed by atoms with Crippen LogP contribution in [0.4, 0.5) is 0 Å². The predicted octanol–water partition coefficient (Wildman–Crippen LogP) is 3.50. The van der Waals surface area contributed by atoms with Crippen LogP contribution in [0.15, 0.2) is 48.5 Å². The van der Waals surface area contributed by atoms with Gasteiger partial charge in [0.05, 0.1) is 16.5 Å². The van der Waals surface area contributed by atoms with E-state index in [-0.39, 0.29) is 6.04 Å². The van der Waals surface area contributed by atoms with Gasteiger partial charge in [0.2, 0.25) is 10.0 Å². The Balaban J connectivity index is 1.15. The van der Waals surface area contributed by atoms with Gasteiger partial charge in [-0.15, -0.1) is 0 Å². The number of nitrogens with one attached hydrogen (secondary N) is 1. The average Bonchev–Trinajstić information content (AvgIpc) is 3.20. The van der Waals surface area contributed by atoms with Gasteiger partial charge in [0.25, 0.3) is 5.19 Å². The van der Waals surface area contributed by atoms with Crippen molar-refractivity contribution in [2.45, 2.75) is 18.9 Å². The van der Waals surface area contributed by atoms with E-state index in [2.05, 4.69) is 16.4 Å². The Morgan fingerprint density at radius 2 is 2.10 bits per heavy atom. The maximum atomic E-state index is 12.0. The second kappa shape index (κ2) is 7.92. The molecule has 2 fully saturated rings. The molecular formula is C22H25N3O3S2. The van der Waals surface area contributed by atoms with Gasteiger partial charge in [0.15, 0.2) is 0 Å². The molecule has 1 N–H and O–H groups in total. The van der Waals surface area contributed by atoms with Crippen molar-refractivity contribution in [3.63, 3.8) is 0 Å². The first kappa shape index (κ1) is 19.9. The molecule has 0 spiro atoms. The van der Waals surface area contributed by atoms with Crippen LogP contribution in [0, 0.1) is 11.8 Å². The third-order valence-corrected chi connectivity index (χ3v) is 8.19. The lowest BCUT2D eigenvalue weighted by Gasteiger charge is -2.25. The van der Waals surface area contributed by atoms with E-state index in [0.29, 0.717) is 23.6 Å². The Hall–Kier alpha value is -2.00. The van der Waals surface area contributed by atoms with E-state index in [1.807, 2.05) is 42.5 Å². The monoisotopic (exact) mass is 443 g/mol. The molecule has 3 aromatic rings. The quantitative estimate of drug-likeness (QED) is 0.540. The van der Waals surface area contributed by atoms with Crippen LogP contribution >= 0.6 is 11.3 Å². The lowest BCUT2D eigenvalue weighted by molar-refractivity contribution is 0.334. The molecule has 1 aliphatic heterocycles. The summed E-state index contributed by atoms with van der Waals surface area (Å²) in [6.07, 6.45) is 3.35. The van der Waals surface area contributed by atoms with Gasteiger partial charge in [-0.05, 0) is 61.1 Å². The van der Waals surface area contributed by atoms with Crippen molar-refractivity contribution in [2.75, 3.05) is 25.9 Å². The molecule has 3 unspecified atom stereocenters. The molecule has 1 saturated carbocycles. The number of fused-ring (bicyclic) bond motifs is 2. The van der Waals surface area contributed by atoms with Gasteiger partial charge in [-0.25, -0.2) is 13.4 Å². The van der Waals surface area contributed by atoms with Crippen molar-refractivity contribution in [2.24, 2.45) is 11.8 Å². The zero-order valence-electron chi connectivity index (χ0n) is 16.8. The number of ether oxygens (including phenoxy) is 1. The summed E-state index contributed by atoms with van der Waals surface area (Å²) in [6, 6.07) is 16.2. The van der Waals surface area contributed by atoms with Crippen LogP contribution in [0.2, 0.25) is 0 Å². The summed E-state index contributed by atoms with van der Waals surface area (Å²) in [5.41, 5.74) is 2.13.